The molecule has 9 rings (SSSR count). The molecule has 0 bridgehead atoms. The molecule has 1 aliphatic heterocycles. The predicted octanol–water partition coefficient (Wildman–Crippen LogP) is 10.5. The Morgan fingerprint density at radius 3 is 1.46 bits per heavy atom. The predicted molar refractivity (Wildman–Crippen MR) is 217 cm³/mol. The fourth-order valence-electron chi connectivity index (χ4n) is 9.08. The lowest BCUT2D eigenvalue weighted by Crippen LogP contribution is -2.56. The summed E-state index contributed by atoms with van der Waals surface area (Å²) in [6.45, 7) is 13.5. The van der Waals surface area contributed by atoms with Crippen LogP contribution in [0.2, 0.25) is 0 Å². The topological polar surface area (TPSA) is 4.93 Å². The van der Waals surface area contributed by atoms with E-state index in [4.69, 9.17) is 0 Å². The number of nitrogens with zero attached hydrogens (tertiary/aromatic N) is 1. The molecule has 0 unspecified atom stereocenters. The summed E-state index contributed by atoms with van der Waals surface area (Å²) in [7, 11) is 0. The summed E-state index contributed by atoms with van der Waals surface area (Å²) < 4.78 is 2.56. The molecule has 1 aromatic heterocycles. The number of rotatable bonds is 4. The molecule has 0 atom stereocenters. The van der Waals surface area contributed by atoms with Crippen molar-refractivity contribution in [3.63, 3.8) is 0 Å². The van der Waals surface area contributed by atoms with E-state index in [1.807, 2.05) is 0 Å². The van der Waals surface area contributed by atoms with Gasteiger partial charge in [0.1, 0.15) is 0 Å². The van der Waals surface area contributed by atoms with Crippen molar-refractivity contribution in [2.75, 3.05) is 0 Å². The van der Waals surface area contributed by atoms with E-state index in [1.54, 1.807) is 0 Å². The van der Waals surface area contributed by atoms with Gasteiger partial charge in [0, 0.05) is 22.0 Å². The van der Waals surface area contributed by atoms with Gasteiger partial charge < -0.3 is 4.57 Å². The van der Waals surface area contributed by atoms with Crippen molar-refractivity contribution in [1.29, 1.82) is 0 Å². The van der Waals surface area contributed by atoms with Crippen LogP contribution >= 0.6 is 0 Å². The molecule has 7 aromatic carbocycles. The SMILES string of the molecule is Cc1cccc(C)c1-c1ccc2c(c1)B(c1ccccc1)c1cc(-c3c(C)cccc3C)cc3c4cc(-c5c(C)cccc5C)ccc4n-2c13. The third-order valence-electron chi connectivity index (χ3n) is 11.2. The molecule has 0 N–H and O–H groups in total. The molecular formula is C48H40BN. The molecule has 8 aromatic rings. The lowest BCUT2D eigenvalue weighted by atomic mass is 9.35. The maximum atomic E-state index is 2.56. The molecule has 0 saturated carbocycles. The van der Waals surface area contributed by atoms with Crippen molar-refractivity contribution >= 4 is 44.9 Å². The van der Waals surface area contributed by atoms with Crippen LogP contribution in [0.4, 0.5) is 0 Å². The van der Waals surface area contributed by atoms with Gasteiger partial charge in [0.15, 0.2) is 0 Å². The van der Waals surface area contributed by atoms with Crippen molar-refractivity contribution in [1.82, 2.24) is 4.57 Å². The van der Waals surface area contributed by atoms with E-state index in [9.17, 15) is 0 Å². The Balaban J connectivity index is 1.43. The molecule has 0 saturated heterocycles. The molecule has 0 amide bonds. The Labute approximate surface area is 296 Å². The smallest absolute Gasteiger partial charge is 0.246 e. The number of hydrogen-bond donors (Lipinski definition) is 0. The molecule has 0 fully saturated rings. The largest absolute Gasteiger partial charge is 0.310 e. The van der Waals surface area contributed by atoms with Crippen molar-refractivity contribution in [3.05, 3.63) is 167 Å². The van der Waals surface area contributed by atoms with Gasteiger partial charge in [-0.25, -0.2) is 0 Å². The van der Waals surface area contributed by atoms with Gasteiger partial charge in [0.25, 0.3) is 0 Å². The average Bonchev–Trinajstić information content (AvgIpc) is 3.43. The first kappa shape index (κ1) is 30.5. The van der Waals surface area contributed by atoms with Crippen molar-refractivity contribution in [2.24, 2.45) is 0 Å². The minimum Gasteiger partial charge on any atom is -0.310 e. The van der Waals surface area contributed by atoms with E-state index < -0.39 is 0 Å². The highest BCUT2D eigenvalue weighted by molar-refractivity contribution is 6.98. The lowest BCUT2D eigenvalue weighted by molar-refractivity contribution is 1.19. The van der Waals surface area contributed by atoms with Gasteiger partial charge in [-0.15, -0.1) is 0 Å². The van der Waals surface area contributed by atoms with Gasteiger partial charge in [-0.2, -0.15) is 0 Å². The zero-order chi connectivity index (χ0) is 34.3. The van der Waals surface area contributed by atoms with Crippen LogP contribution in [0, 0.1) is 41.5 Å². The Bertz CT molecular complexity index is 2600. The van der Waals surface area contributed by atoms with Crippen molar-refractivity contribution in [2.45, 2.75) is 41.5 Å². The van der Waals surface area contributed by atoms with E-state index in [0.29, 0.717) is 0 Å². The Hall–Kier alpha value is -5.60. The first-order valence-corrected chi connectivity index (χ1v) is 17.8. The zero-order valence-electron chi connectivity index (χ0n) is 29.7. The van der Waals surface area contributed by atoms with Gasteiger partial charge in [-0.05, 0) is 143 Å². The molecule has 0 aliphatic carbocycles. The molecule has 1 aliphatic rings. The quantitative estimate of drug-likeness (QED) is 0.169. The van der Waals surface area contributed by atoms with E-state index in [1.165, 1.54) is 111 Å². The normalized spacial score (nSPS) is 12.2. The van der Waals surface area contributed by atoms with Gasteiger partial charge in [-0.3, -0.25) is 0 Å². The van der Waals surface area contributed by atoms with E-state index >= 15 is 0 Å². The summed E-state index contributed by atoms with van der Waals surface area (Å²) in [6.07, 6.45) is 0. The fraction of sp³-hybridized carbons (Fsp3) is 0.125. The Kier molecular flexibility index (Phi) is 7.00. The highest BCUT2D eigenvalue weighted by Crippen LogP contribution is 2.40. The number of benzene rings is 7. The summed E-state index contributed by atoms with van der Waals surface area (Å²) in [6, 6.07) is 50.4. The summed E-state index contributed by atoms with van der Waals surface area (Å²) in [5.74, 6) is 0. The molecule has 1 nitrogen and oxygen atoms in total. The maximum absolute atomic E-state index is 2.56. The Morgan fingerprint density at radius 2 is 0.880 bits per heavy atom. The van der Waals surface area contributed by atoms with Crippen LogP contribution in [-0.2, 0) is 0 Å². The molecular weight excluding hydrogens is 601 g/mol. The van der Waals surface area contributed by atoms with E-state index in [-0.39, 0.29) is 6.71 Å². The van der Waals surface area contributed by atoms with Crippen LogP contribution in [0.15, 0.2) is 133 Å². The second-order valence-electron chi connectivity index (χ2n) is 14.4. The molecule has 2 heteroatoms. The summed E-state index contributed by atoms with van der Waals surface area (Å²) in [4.78, 5) is 0. The molecule has 0 radical (unpaired) electrons. The minimum absolute atomic E-state index is 0.0807. The highest BCUT2D eigenvalue weighted by Gasteiger charge is 2.35. The second kappa shape index (κ2) is 11.5. The van der Waals surface area contributed by atoms with Crippen LogP contribution in [0.25, 0.3) is 60.9 Å². The third kappa shape index (κ3) is 4.55. The van der Waals surface area contributed by atoms with Crippen LogP contribution in [0.5, 0.6) is 0 Å². The highest BCUT2D eigenvalue weighted by atomic mass is 15.0. The standard InChI is InChI=1S/C48H40BN/c1-29-13-10-14-30(2)45(29)35-21-23-43-39(25-35)40-26-37(47-33(5)17-12-18-34(47)6)28-42-48(40)50(43)44-24-22-36(46-31(3)15-11-16-32(46)4)27-41(44)49(42)38-19-8-7-9-20-38/h7-28H,1-6H3. The maximum Gasteiger partial charge on any atom is 0.246 e. The van der Waals surface area contributed by atoms with Crippen molar-refractivity contribution in [3.8, 4) is 39.1 Å². The fourth-order valence-corrected chi connectivity index (χ4v) is 9.08. The molecule has 240 valence electrons. The molecule has 50 heavy (non-hydrogen) atoms. The second-order valence-corrected chi connectivity index (χ2v) is 14.4. The summed E-state index contributed by atoms with van der Waals surface area (Å²) in [5.41, 5.74) is 23.5. The van der Waals surface area contributed by atoms with Gasteiger partial charge in [0.05, 0.1) is 5.52 Å². The average molecular weight is 642 g/mol. The molecule has 2 heterocycles. The first-order valence-electron chi connectivity index (χ1n) is 17.8. The summed E-state index contributed by atoms with van der Waals surface area (Å²) >= 11 is 0. The third-order valence-corrected chi connectivity index (χ3v) is 11.2. The summed E-state index contributed by atoms with van der Waals surface area (Å²) in [5, 5.41) is 2.61. The number of aromatic nitrogens is 1. The van der Waals surface area contributed by atoms with Crippen LogP contribution in [-0.4, -0.2) is 11.3 Å². The Morgan fingerprint density at radius 1 is 0.400 bits per heavy atom. The monoisotopic (exact) mass is 641 g/mol. The lowest BCUT2D eigenvalue weighted by Gasteiger charge is -2.29. The minimum atomic E-state index is 0.0807. The number of aryl methyl sites for hydroxylation is 6. The van der Waals surface area contributed by atoms with Crippen LogP contribution < -0.4 is 16.4 Å². The van der Waals surface area contributed by atoms with E-state index in [2.05, 4.69) is 180 Å². The van der Waals surface area contributed by atoms with E-state index in [0.717, 1.165) is 0 Å². The number of fused-ring (bicyclic) bond motifs is 5. The first-order chi connectivity index (χ1) is 24.3. The van der Waals surface area contributed by atoms with Gasteiger partial charge >= 0.3 is 0 Å². The van der Waals surface area contributed by atoms with Gasteiger partial charge in [0.2, 0.25) is 6.71 Å². The van der Waals surface area contributed by atoms with Crippen LogP contribution in [0.3, 0.4) is 0 Å². The zero-order valence-corrected chi connectivity index (χ0v) is 29.7. The van der Waals surface area contributed by atoms with Gasteiger partial charge in [-0.1, -0.05) is 115 Å². The van der Waals surface area contributed by atoms with Crippen LogP contribution in [0.1, 0.15) is 33.4 Å². The van der Waals surface area contributed by atoms with Crippen molar-refractivity contribution < 1.29 is 0 Å². The molecule has 0 spiro atoms. The number of hydrogen-bond acceptors (Lipinski definition) is 0.